The van der Waals surface area contributed by atoms with Crippen LogP contribution in [0.15, 0.2) is 53.2 Å². The first kappa shape index (κ1) is 33.8. The summed E-state index contributed by atoms with van der Waals surface area (Å²) in [5.41, 5.74) is -0.805. The summed E-state index contributed by atoms with van der Waals surface area (Å²) in [4.78, 5) is 18.1. The first-order chi connectivity index (χ1) is 21.8. The molecule has 0 aromatic heterocycles. The number of ether oxygens (including phenoxy) is 4. The Hall–Kier alpha value is -3.54. The highest BCUT2D eigenvalue weighted by molar-refractivity contribution is 5.97. The van der Waals surface area contributed by atoms with E-state index >= 15 is 4.39 Å². The standard InChI is InChI=1S/C31H36F2N2O11/c1-14(29(40)34-21-22(36)24(38)27-26(23(21)37)42-13-43-27)10-17-6-9-20(19(33)11-17)45-30-31(3,41)28(39)25(46-30)15(2)35-44-12-16-4-7-18(32)8-5-16/h4-11,21-28,30,36-39,41H,12-13H2,1-3H3,(H,34,40)/b14-10+,35-15+/t21-,22+,23-,24-,25-,26+,27-,28-,30-,31+/m1/s1. The summed E-state index contributed by atoms with van der Waals surface area (Å²) in [5, 5.41) is 59.4. The van der Waals surface area contributed by atoms with E-state index in [0.717, 1.165) is 6.07 Å². The molecule has 0 radical (unpaired) electrons. The minimum Gasteiger partial charge on any atom is -0.459 e. The average Bonchev–Trinajstić information content (AvgIpc) is 3.60. The van der Waals surface area contributed by atoms with Gasteiger partial charge in [0.1, 0.15) is 61.9 Å². The fraction of sp³-hybridized carbons (Fsp3) is 0.484. The number of nitrogens with one attached hydrogen (secondary N) is 1. The van der Waals surface area contributed by atoms with Gasteiger partial charge in [-0.3, -0.25) is 4.79 Å². The van der Waals surface area contributed by atoms with Crippen molar-refractivity contribution in [3.05, 3.63) is 70.8 Å². The van der Waals surface area contributed by atoms with Gasteiger partial charge in [-0.2, -0.15) is 0 Å². The van der Waals surface area contributed by atoms with Crippen LogP contribution in [0.4, 0.5) is 8.78 Å². The fourth-order valence-corrected chi connectivity index (χ4v) is 5.46. The van der Waals surface area contributed by atoms with E-state index in [-0.39, 0.29) is 36.0 Å². The molecule has 3 fully saturated rings. The first-order valence-corrected chi connectivity index (χ1v) is 14.5. The second-order valence-electron chi connectivity index (χ2n) is 11.7. The predicted octanol–water partition coefficient (Wildman–Crippen LogP) is 0.499. The highest BCUT2D eigenvalue weighted by Crippen LogP contribution is 2.35. The smallest absolute Gasteiger partial charge is 0.247 e. The second-order valence-corrected chi connectivity index (χ2v) is 11.7. The topological polar surface area (TPSA) is 189 Å². The van der Waals surface area contributed by atoms with E-state index in [0.29, 0.717) is 5.56 Å². The van der Waals surface area contributed by atoms with Crippen LogP contribution < -0.4 is 10.1 Å². The number of nitrogens with zero attached hydrogens (tertiary/aromatic N) is 1. The molecular weight excluding hydrogens is 614 g/mol. The molecule has 1 aliphatic carbocycles. The Morgan fingerprint density at radius 3 is 2.39 bits per heavy atom. The number of rotatable bonds is 9. The highest BCUT2D eigenvalue weighted by Gasteiger charge is 2.55. The van der Waals surface area contributed by atoms with E-state index in [1.807, 2.05) is 0 Å². The van der Waals surface area contributed by atoms with Crippen molar-refractivity contribution in [3.63, 3.8) is 0 Å². The summed E-state index contributed by atoms with van der Waals surface area (Å²) in [6, 6.07) is 8.10. The first-order valence-electron chi connectivity index (χ1n) is 14.5. The summed E-state index contributed by atoms with van der Waals surface area (Å²) in [7, 11) is 0. The lowest BCUT2D eigenvalue weighted by atomic mass is 9.83. The zero-order chi connectivity index (χ0) is 33.3. The van der Waals surface area contributed by atoms with Gasteiger partial charge in [-0.15, -0.1) is 0 Å². The van der Waals surface area contributed by atoms with Crippen molar-refractivity contribution >= 4 is 17.7 Å². The van der Waals surface area contributed by atoms with Crippen molar-refractivity contribution < 1.29 is 62.9 Å². The van der Waals surface area contributed by atoms with Gasteiger partial charge in [-0.05, 0) is 62.2 Å². The molecule has 10 atom stereocenters. The van der Waals surface area contributed by atoms with E-state index < -0.39 is 78.2 Å². The van der Waals surface area contributed by atoms with Crippen molar-refractivity contribution in [2.75, 3.05) is 6.79 Å². The summed E-state index contributed by atoms with van der Waals surface area (Å²) >= 11 is 0. The summed E-state index contributed by atoms with van der Waals surface area (Å²) in [6.07, 6.45) is -8.96. The van der Waals surface area contributed by atoms with Crippen molar-refractivity contribution in [1.82, 2.24) is 5.32 Å². The number of benzene rings is 2. The maximum atomic E-state index is 15.1. The highest BCUT2D eigenvalue weighted by atomic mass is 19.1. The SMILES string of the molecule is C/C(=C\c1ccc(O[C@@H]2O[C@H](/C(C)=N/OCc3ccc(F)cc3)[C@@H](O)[C@]2(C)O)c(F)c1)C(=O)N[C@@H]1[C@H](O)[C@@H](O)[C@H]2OCO[C@H]2[C@@H]1O. The molecule has 1 amide bonds. The second kappa shape index (κ2) is 13.7. The summed E-state index contributed by atoms with van der Waals surface area (Å²) in [6.45, 7) is 4.05. The molecule has 2 heterocycles. The van der Waals surface area contributed by atoms with Crippen molar-refractivity contribution in [1.29, 1.82) is 0 Å². The third kappa shape index (κ3) is 6.91. The number of carbonyl (C=O) groups excluding carboxylic acids is 1. The summed E-state index contributed by atoms with van der Waals surface area (Å²) in [5.74, 6) is -2.26. The number of amides is 1. The number of oxime groups is 1. The van der Waals surface area contributed by atoms with Crippen molar-refractivity contribution in [2.45, 2.75) is 88.0 Å². The lowest BCUT2D eigenvalue weighted by Crippen LogP contribution is -2.67. The van der Waals surface area contributed by atoms with E-state index in [2.05, 4.69) is 10.5 Å². The molecule has 15 heteroatoms. The van der Waals surface area contributed by atoms with E-state index in [4.69, 9.17) is 23.8 Å². The molecule has 0 bridgehead atoms. The lowest BCUT2D eigenvalue weighted by Gasteiger charge is -2.41. The fourth-order valence-electron chi connectivity index (χ4n) is 5.46. The molecule has 46 heavy (non-hydrogen) atoms. The molecule has 5 rings (SSSR count). The Labute approximate surface area is 262 Å². The molecular formula is C31H36F2N2O11. The van der Waals surface area contributed by atoms with Crippen LogP contribution in [0.25, 0.3) is 6.08 Å². The number of halogens is 2. The number of aliphatic hydroxyl groups excluding tert-OH is 4. The van der Waals surface area contributed by atoms with Gasteiger partial charge in [0.15, 0.2) is 17.2 Å². The molecule has 6 N–H and O–H groups in total. The molecule has 2 aromatic rings. The predicted molar refractivity (Wildman–Crippen MR) is 155 cm³/mol. The van der Waals surface area contributed by atoms with Gasteiger partial charge in [0.05, 0.1) is 11.8 Å². The molecule has 250 valence electrons. The van der Waals surface area contributed by atoms with Crippen LogP contribution in [0.5, 0.6) is 5.75 Å². The van der Waals surface area contributed by atoms with Crippen LogP contribution in [0.3, 0.4) is 0 Å². The third-order valence-electron chi connectivity index (χ3n) is 8.23. The van der Waals surface area contributed by atoms with Crippen LogP contribution >= 0.6 is 0 Å². The van der Waals surface area contributed by atoms with Gasteiger partial charge in [0.2, 0.25) is 12.2 Å². The maximum absolute atomic E-state index is 15.1. The van der Waals surface area contributed by atoms with Crippen molar-refractivity contribution in [3.8, 4) is 5.75 Å². The van der Waals surface area contributed by atoms with Crippen LogP contribution in [0.2, 0.25) is 0 Å². The number of carbonyl (C=O) groups is 1. The maximum Gasteiger partial charge on any atom is 0.247 e. The number of hydrogen-bond donors (Lipinski definition) is 6. The van der Waals surface area contributed by atoms with Gasteiger partial charge in [0.25, 0.3) is 0 Å². The lowest BCUT2D eigenvalue weighted by molar-refractivity contribution is -0.155. The zero-order valence-corrected chi connectivity index (χ0v) is 25.1. The molecule has 0 spiro atoms. The molecule has 3 aliphatic rings. The largest absolute Gasteiger partial charge is 0.459 e. The van der Waals surface area contributed by atoms with Gasteiger partial charge in [-0.1, -0.05) is 23.4 Å². The van der Waals surface area contributed by atoms with Crippen LogP contribution in [-0.2, 0) is 30.4 Å². The molecule has 13 nitrogen and oxygen atoms in total. The third-order valence-corrected chi connectivity index (χ3v) is 8.23. The zero-order valence-electron chi connectivity index (χ0n) is 25.1. The van der Waals surface area contributed by atoms with E-state index in [1.165, 1.54) is 63.2 Å². The van der Waals surface area contributed by atoms with E-state index in [9.17, 15) is 34.7 Å². The number of aliphatic hydroxyl groups is 5. The minimum absolute atomic E-state index is 0.0167. The molecule has 2 aromatic carbocycles. The molecule has 1 saturated carbocycles. The van der Waals surface area contributed by atoms with Gasteiger partial charge in [-0.25, -0.2) is 8.78 Å². The number of fused-ring (bicyclic) bond motifs is 1. The average molecular weight is 651 g/mol. The molecule has 0 unspecified atom stereocenters. The summed E-state index contributed by atoms with van der Waals surface area (Å²) < 4.78 is 50.0. The Balaban J connectivity index is 1.20. The van der Waals surface area contributed by atoms with Crippen LogP contribution in [-0.4, -0.2) is 105 Å². The quantitative estimate of drug-likeness (QED) is 0.126. The Morgan fingerprint density at radius 2 is 1.72 bits per heavy atom. The Kier molecular flexibility index (Phi) is 10.0. The van der Waals surface area contributed by atoms with Gasteiger partial charge in [0, 0.05) is 5.57 Å². The van der Waals surface area contributed by atoms with Crippen LogP contribution in [0.1, 0.15) is 31.9 Å². The number of hydrogen-bond acceptors (Lipinski definition) is 12. The minimum atomic E-state index is -1.98. The van der Waals surface area contributed by atoms with Gasteiger partial charge < -0.3 is 54.6 Å². The van der Waals surface area contributed by atoms with Gasteiger partial charge >= 0.3 is 0 Å². The molecule has 2 saturated heterocycles. The normalized spacial score (nSPS) is 34.7. The van der Waals surface area contributed by atoms with E-state index in [1.54, 1.807) is 0 Å². The monoisotopic (exact) mass is 650 g/mol. The Bertz CT molecular complexity index is 1470. The molecule has 2 aliphatic heterocycles. The Morgan fingerprint density at radius 1 is 1.04 bits per heavy atom. The van der Waals surface area contributed by atoms with Crippen LogP contribution in [0, 0.1) is 11.6 Å². The van der Waals surface area contributed by atoms with Crippen molar-refractivity contribution in [2.24, 2.45) is 5.16 Å².